The van der Waals surface area contributed by atoms with Gasteiger partial charge in [-0.3, -0.25) is 4.90 Å². The summed E-state index contributed by atoms with van der Waals surface area (Å²) in [6.45, 7) is 0.449. The van der Waals surface area contributed by atoms with Crippen molar-refractivity contribution < 1.29 is 14.4 Å². The average Bonchev–Trinajstić information content (AvgIpc) is 3.27. The molecule has 0 amide bonds. The predicted molar refractivity (Wildman–Crippen MR) is 91.9 cm³/mol. The summed E-state index contributed by atoms with van der Waals surface area (Å²) in [6.07, 6.45) is 0. The van der Waals surface area contributed by atoms with E-state index in [1.165, 1.54) is 0 Å². The molecule has 1 N–H and O–H groups in total. The Bertz CT molecular complexity index is 756. The third kappa shape index (κ3) is 3.64. The van der Waals surface area contributed by atoms with Crippen molar-refractivity contribution in [2.45, 2.75) is 12.6 Å². The fourth-order valence-corrected chi connectivity index (χ4v) is 3.12. The van der Waals surface area contributed by atoms with Gasteiger partial charge >= 0.3 is 0 Å². The second kappa shape index (κ2) is 7.57. The molecule has 24 heavy (non-hydrogen) atoms. The van der Waals surface area contributed by atoms with E-state index in [2.05, 4.69) is 10.1 Å². The second-order valence-electron chi connectivity index (χ2n) is 5.38. The molecule has 0 aliphatic rings. The number of aromatic nitrogens is 2. The molecule has 0 aliphatic heterocycles. The topological polar surface area (TPSA) is 71.6 Å². The van der Waals surface area contributed by atoms with Crippen LogP contribution in [0.2, 0.25) is 0 Å². The molecular formula is C17H19N3O3S. The number of aliphatic hydroxyl groups is 1. The zero-order chi connectivity index (χ0) is 16.9. The third-order valence-corrected chi connectivity index (χ3v) is 4.67. The second-order valence-corrected chi connectivity index (χ2v) is 6.32. The molecule has 0 saturated heterocycles. The van der Waals surface area contributed by atoms with Crippen LogP contribution in [-0.2, 0) is 6.54 Å². The Morgan fingerprint density at radius 1 is 1.29 bits per heavy atom. The Morgan fingerprint density at radius 3 is 2.71 bits per heavy atom. The first-order chi connectivity index (χ1) is 11.7. The van der Waals surface area contributed by atoms with Gasteiger partial charge in [0, 0.05) is 0 Å². The zero-order valence-electron chi connectivity index (χ0n) is 13.5. The largest absolute Gasteiger partial charge is 0.497 e. The van der Waals surface area contributed by atoms with Gasteiger partial charge < -0.3 is 14.4 Å². The minimum absolute atomic E-state index is 0.00521. The van der Waals surface area contributed by atoms with Gasteiger partial charge in [-0.25, -0.2) is 0 Å². The molecule has 3 rings (SSSR count). The molecule has 3 aromatic rings. The lowest BCUT2D eigenvalue weighted by molar-refractivity contribution is 0.131. The van der Waals surface area contributed by atoms with Crippen molar-refractivity contribution in [2.24, 2.45) is 0 Å². The maximum atomic E-state index is 9.77. The van der Waals surface area contributed by atoms with E-state index in [0.717, 1.165) is 16.2 Å². The normalized spacial score (nSPS) is 12.5. The van der Waals surface area contributed by atoms with Gasteiger partial charge in [0.1, 0.15) is 5.75 Å². The van der Waals surface area contributed by atoms with Gasteiger partial charge in [-0.05, 0) is 36.2 Å². The van der Waals surface area contributed by atoms with Crippen LogP contribution in [0.25, 0.3) is 10.7 Å². The molecule has 2 aromatic heterocycles. The lowest BCUT2D eigenvalue weighted by Gasteiger charge is -2.25. The molecule has 0 fully saturated rings. The van der Waals surface area contributed by atoms with E-state index in [0.29, 0.717) is 18.3 Å². The van der Waals surface area contributed by atoms with Gasteiger partial charge in [-0.1, -0.05) is 23.4 Å². The number of benzene rings is 1. The SMILES string of the molecule is COc1ccc(C(CO)N(C)Cc2nc(-c3cccs3)no2)cc1. The van der Waals surface area contributed by atoms with E-state index in [1.807, 2.05) is 53.7 Å². The molecule has 1 unspecified atom stereocenters. The van der Waals surface area contributed by atoms with E-state index >= 15 is 0 Å². The van der Waals surface area contributed by atoms with Gasteiger partial charge in [-0.2, -0.15) is 4.98 Å². The first kappa shape index (κ1) is 16.6. The molecular weight excluding hydrogens is 326 g/mol. The van der Waals surface area contributed by atoms with E-state index in [9.17, 15) is 5.11 Å². The number of likely N-dealkylation sites (N-methyl/N-ethyl adjacent to an activating group) is 1. The Hall–Kier alpha value is -2.22. The summed E-state index contributed by atoms with van der Waals surface area (Å²) in [5.74, 6) is 1.90. The summed E-state index contributed by atoms with van der Waals surface area (Å²) in [5, 5.41) is 15.8. The van der Waals surface area contributed by atoms with Crippen LogP contribution in [-0.4, -0.2) is 40.9 Å². The number of nitrogens with zero attached hydrogens (tertiary/aromatic N) is 3. The van der Waals surface area contributed by atoms with Crippen molar-refractivity contribution in [3.63, 3.8) is 0 Å². The summed E-state index contributed by atoms with van der Waals surface area (Å²) < 4.78 is 10.5. The van der Waals surface area contributed by atoms with Gasteiger partial charge in [-0.15, -0.1) is 11.3 Å². The van der Waals surface area contributed by atoms with E-state index in [-0.39, 0.29) is 12.6 Å². The molecule has 0 aliphatic carbocycles. The van der Waals surface area contributed by atoms with Gasteiger partial charge in [0.05, 0.1) is 31.2 Å². The monoisotopic (exact) mass is 345 g/mol. The molecule has 6 nitrogen and oxygen atoms in total. The maximum Gasteiger partial charge on any atom is 0.241 e. The average molecular weight is 345 g/mol. The Kier molecular flexibility index (Phi) is 5.24. The Balaban J connectivity index is 1.71. The number of rotatable bonds is 7. The van der Waals surface area contributed by atoms with E-state index in [1.54, 1.807) is 18.4 Å². The fraction of sp³-hybridized carbons (Fsp3) is 0.294. The summed E-state index contributed by atoms with van der Waals surface area (Å²) in [6, 6.07) is 11.4. The quantitative estimate of drug-likeness (QED) is 0.710. The third-order valence-electron chi connectivity index (χ3n) is 3.80. The predicted octanol–water partition coefficient (Wildman–Crippen LogP) is 2.97. The lowest BCUT2D eigenvalue weighted by atomic mass is 10.1. The molecule has 7 heteroatoms. The van der Waals surface area contributed by atoms with Crippen molar-refractivity contribution in [3.8, 4) is 16.5 Å². The molecule has 0 radical (unpaired) electrons. The smallest absolute Gasteiger partial charge is 0.241 e. The summed E-state index contributed by atoms with van der Waals surface area (Å²) in [5.41, 5.74) is 0.999. The summed E-state index contributed by atoms with van der Waals surface area (Å²) >= 11 is 1.57. The van der Waals surface area contributed by atoms with Crippen LogP contribution in [0.15, 0.2) is 46.3 Å². The summed E-state index contributed by atoms with van der Waals surface area (Å²) in [4.78, 5) is 7.37. The summed E-state index contributed by atoms with van der Waals surface area (Å²) in [7, 11) is 3.55. The van der Waals surface area contributed by atoms with Crippen LogP contribution in [0.1, 0.15) is 17.5 Å². The van der Waals surface area contributed by atoms with Crippen molar-refractivity contribution in [2.75, 3.05) is 20.8 Å². The highest BCUT2D eigenvalue weighted by Gasteiger charge is 2.19. The number of methoxy groups -OCH3 is 1. The fourth-order valence-electron chi connectivity index (χ4n) is 2.47. The molecule has 0 bridgehead atoms. The van der Waals surface area contributed by atoms with Crippen molar-refractivity contribution in [1.29, 1.82) is 0 Å². The van der Waals surface area contributed by atoms with Gasteiger partial charge in [0.2, 0.25) is 11.7 Å². The zero-order valence-corrected chi connectivity index (χ0v) is 14.4. The minimum atomic E-state index is -0.159. The maximum absolute atomic E-state index is 9.77. The van der Waals surface area contributed by atoms with Gasteiger partial charge in [0.25, 0.3) is 0 Å². The van der Waals surface area contributed by atoms with Crippen LogP contribution < -0.4 is 4.74 Å². The van der Waals surface area contributed by atoms with Crippen molar-refractivity contribution in [3.05, 3.63) is 53.2 Å². The highest BCUT2D eigenvalue weighted by atomic mass is 32.1. The van der Waals surface area contributed by atoms with E-state index < -0.39 is 0 Å². The number of thiophene rings is 1. The van der Waals surface area contributed by atoms with Crippen molar-refractivity contribution >= 4 is 11.3 Å². The number of hydrogen-bond acceptors (Lipinski definition) is 7. The first-order valence-electron chi connectivity index (χ1n) is 7.52. The molecule has 126 valence electrons. The number of hydrogen-bond donors (Lipinski definition) is 1. The number of aliphatic hydroxyl groups excluding tert-OH is 1. The van der Waals surface area contributed by atoms with Crippen LogP contribution >= 0.6 is 11.3 Å². The van der Waals surface area contributed by atoms with Crippen LogP contribution in [0.4, 0.5) is 0 Å². The van der Waals surface area contributed by atoms with E-state index in [4.69, 9.17) is 9.26 Å². The molecule has 1 atom stereocenters. The minimum Gasteiger partial charge on any atom is -0.497 e. The molecule has 1 aromatic carbocycles. The Morgan fingerprint density at radius 2 is 2.08 bits per heavy atom. The lowest BCUT2D eigenvalue weighted by Crippen LogP contribution is -2.27. The molecule has 0 spiro atoms. The van der Waals surface area contributed by atoms with Crippen LogP contribution in [0, 0.1) is 0 Å². The van der Waals surface area contributed by atoms with Crippen LogP contribution in [0.5, 0.6) is 5.75 Å². The molecule has 2 heterocycles. The Labute approximate surface area is 144 Å². The highest BCUT2D eigenvalue weighted by Crippen LogP contribution is 2.25. The number of ether oxygens (including phenoxy) is 1. The van der Waals surface area contributed by atoms with Crippen LogP contribution in [0.3, 0.4) is 0 Å². The molecule has 0 saturated carbocycles. The standard InChI is InChI=1S/C17H19N3O3S/c1-20(14(11-21)12-5-7-13(22-2)8-6-12)10-16-18-17(19-23-16)15-4-3-9-24-15/h3-9,14,21H,10-11H2,1-2H3. The first-order valence-corrected chi connectivity index (χ1v) is 8.40. The van der Waals surface area contributed by atoms with Gasteiger partial charge in [0.15, 0.2) is 0 Å². The highest BCUT2D eigenvalue weighted by molar-refractivity contribution is 7.13. The van der Waals surface area contributed by atoms with Crippen molar-refractivity contribution in [1.82, 2.24) is 15.0 Å².